The molecule has 4 N–H and O–H groups in total. The third-order valence-corrected chi connectivity index (χ3v) is 9.63. The molecule has 1 saturated heterocycles. The highest BCUT2D eigenvalue weighted by Crippen LogP contribution is 2.41. The van der Waals surface area contributed by atoms with Crippen molar-refractivity contribution < 1.29 is 29.0 Å². The van der Waals surface area contributed by atoms with Crippen molar-refractivity contribution in [3.05, 3.63) is 74.3 Å². The monoisotopic (exact) mass is 660 g/mol. The molecule has 2 aliphatic heterocycles. The molecule has 18 heteroatoms. The topological polar surface area (TPSA) is 201 Å². The summed E-state index contributed by atoms with van der Waals surface area (Å²) >= 11 is 8.51. The molecule has 0 bridgehead atoms. The molecule has 2 unspecified atom stereocenters. The van der Waals surface area contributed by atoms with E-state index in [0.29, 0.717) is 27.7 Å². The van der Waals surface area contributed by atoms with Crippen molar-refractivity contribution >= 4 is 58.8 Å². The molecule has 3 amide bonds. The lowest BCUT2D eigenvalue weighted by Crippen LogP contribution is -2.71. The zero-order chi connectivity index (χ0) is 31.5. The van der Waals surface area contributed by atoms with Gasteiger partial charge in [0, 0.05) is 30.4 Å². The van der Waals surface area contributed by atoms with Gasteiger partial charge in [0.25, 0.3) is 11.8 Å². The number of nitrogens with zero attached hydrogens (tertiary/aromatic N) is 5. The number of hydrogen-bond donors (Lipinski definition) is 4. The van der Waals surface area contributed by atoms with E-state index in [4.69, 9.17) is 16.3 Å². The lowest BCUT2D eigenvalue weighted by molar-refractivity contribution is -0.151. The number of aromatic nitrogens is 5. The number of H-pyrrole nitrogens is 1. The molecule has 1 aromatic carbocycles. The number of aliphatic carboxylic acids is 1. The number of pyridine rings is 1. The Kier molecular flexibility index (Phi) is 9.26. The number of β-lactam (4-membered cyclic amide) rings is 1. The third kappa shape index (κ3) is 6.29. The summed E-state index contributed by atoms with van der Waals surface area (Å²) in [6, 6.07) is 6.11. The Bertz CT molecular complexity index is 1710. The van der Waals surface area contributed by atoms with Gasteiger partial charge in [0.1, 0.15) is 28.2 Å². The van der Waals surface area contributed by atoms with Crippen LogP contribution in [0.15, 0.2) is 57.7 Å². The summed E-state index contributed by atoms with van der Waals surface area (Å²) in [7, 11) is 1.66. The quantitative estimate of drug-likeness (QED) is 0.165. The maximum atomic E-state index is 13.5. The summed E-state index contributed by atoms with van der Waals surface area (Å²) in [6.07, 6.45) is 1.28. The van der Waals surface area contributed by atoms with Crippen LogP contribution in [0.2, 0.25) is 5.02 Å². The maximum absolute atomic E-state index is 13.5. The lowest BCUT2D eigenvalue weighted by Gasteiger charge is -2.49. The molecule has 0 radical (unpaired) electrons. The standard InChI is InChI=1S/C26H25ClN8O7S2/c1-12-17(27)21(37)15(8-28-12)42-9-16(36)29-18(13-6-4-3-5-7-13)22(38)30-19-23(39)35-20(25(40)41)14(10-43-24(19)35)11-44-26-31-32-33-34(26)2/h3-8,18-19,24H,9-11H2,1-2H3,(H,28,37)(H,29,36)(H,30,38)(H,40,41)/t18?,19?,24-/m1/s1. The Labute approximate surface area is 262 Å². The molecule has 3 aromatic rings. The average molecular weight is 661 g/mol. The fourth-order valence-electron chi connectivity index (χ4n) is 4.51. The fourth-order valence-corrected chi connectivity index (χ4v) is 6.99. The van der Waals surface area contributed by atoms with Crippen LogP contribution in [0.3, 0.4) is 0 Å². The molecule has 4 heterocycles. The first-order valence-corrected chi connectivity index (χ1v) is 15.4. The SMILES string of the molecule is Cc1[nH]cc(OCC(=O)NC(C(=O)NC2C(=O)N3C(C(=O)O)=C(CSc4nnnn4C)CS[C@H]23)c2ccccc2)c(=O)c1Cl. The predicted octanol–water partition coefficient (Wildman–Crippen LogP) is 0.627. The van der Waals surface area contributed by atoms with Gasteiger partial charge in [0.15, 0.2) is 12.4 Å². The summed E-state index contributed by atoms with van der Waals surface area (Å²) in [4.78, 5) is 67.9. The molecule has 15 nitrogen and oxygen atoms in total. The summed E-state index contributed by atoms with van der Waals surface area (Å²) < 4.78 is 6.79. The lowest BCUT2D eigenvalue weighted by atomic mass is 10.0. The van der Waals surface area contributed by atoms with E-state index >= 15 is 0 Å². The van der Waals surface area contributed by atoms with E-state index in [9.17, 15) is 29.1 Å². The van der Waals surface area contributed by atoms with Crippen molar-refractivity contribution in [2.24, 2.45) is 7.05 Å². The third-order valence-electron chi connectivity index (χ3n) is 6.74. The van der Waals surface area contributed by atoms with Crippen LogP contribution in [0.4, 0.5) is 0 Å². The first kappa shape index (κ1) is 31.1. The van der Waals surface area contributed by atoms with E-state index in [0.717, 1.165) is 0 Å². The molecule has 3 atom stereocenters. The van der Waals surface area contributed by atoms with Crippen LogP contribution in [0.1, 0.15) is 17.3 Å². The smallest absolute Gasteiger partial charge is 0.352 e. The summed E-state index contributed by atoms with van der Waals surface area (Å²) in [5.41, 5.74) is 0.665. The number of thioether (sulfide) groups is 2. The predicted molar refractivity (Wildman–Crippen MR) is 159 cm³/mol. The van der Waals surface area contributed by atoms with Crippen LogP contribution in [-0.4, -0.2) is 88.4 Å². The normalized spacial score (nSPS) is 18.2. The van der Waals surface area contributed by atoms with Crippen LogP contribution in [0.25, 0.3) is 0 Å². The van der Waals surface area contributed by atoms with E-state index in [1.54, 1.807) is 44.3 Å². The number of carbonyl (C=O) groups is 4. The van der Waals surface area contributed by atoms with E-state index < -0.39 is 53.2 Å². The molecule has 0 spiro atoms. The van der Waals surface area contributed by atoms with Crippen LogP contribution in [0, 0.1) is 6.92 Å². The van der Waals surface area contributed by atoms with Crippen LogP contribution < -0.4 is 20.8 Å². The van der Waals surface area contributed by atoms with Gasteiger partial charge in [-0.25, -0.2) is 9.48 Å². The minimum Gasteiger partial charge on any atom is -0.478 e. The minimum atomic E-state index is -1.26. The number of hydrogen-bond acceptors (Lipinski definition) is 11. The van der Waals surface area contributed by atoms with Crippen molar-refractivity contribution in [3.8, 4) is 5.75 Å². The number of aryl methyl sites for hydroxylation is 2. The Morgan fingerprint density at radius 2 is 2.02 bits per heavy atom. The van der Waals surface area contributed by atoms with Gasteiger partial charge >= 0.3 is 5.97 Å². The number of benzene rings is 1. The Morgan fingerprint density at radius 3 is 2.70 bits per heavy atom. The van der Waals surface area contributed by atoms with Gasteiger partial charge in [0.05, 0.1) is 0 Å². The summed E-state index contributed by atoms with van der Waals surface area (Å²) in [5, 5.41) is 26.2. The van der Waals surface area contributed by atoms with Gasteiger partial charge in [-0.3, -0.25) is 24.1 Å². The van der Waals surface area contributed by atoms with Crippen molar-refractivity contribution in [2.45, 2.75) is 29.5 Å². The molecular formula is C26H25ClN8O7S2. The largest absolute Gasteiger partial charge is 0.478 e. The Morgan fingerprint density at radius 1 is 1.27 bits per heavy atom. The first-order valence-electron chi connectivity index (χ1n) is 13.0. The second kappa shape index (κ2) is 13.1. The number of nitrogens with one attached hydrogen (secondary N) is 3. The second-order valence-corrected chi connectivity index (χ2v) is 12.1. The highest BCUT2D eigenvalue weighted by atomic mass is 35.5. The van der Waals surface area contributed by atoms with Gasteiger partial charge in [0.2, 0.25) is 16.5 Å². The molecule has 2 aliphatic rings. The van der Waals surface area contributed by atoms with E-state index in [1.807, 2.05) is 0 Å². The second-order valence-electron chi connectivity index (χ2n) is 9.65. The molecule has 5 rings (SSSR count). The van der Waals surface area contributed by atoms with Gasteiger partial charge in [-0.1, -0.05) is 53.7 Å². The zero-order valence-corrected chi connectivity index (χ0v) is 25.5. The molecule has 44 heavy (non-hydrogen) atoms. The van der Waals surface area contributed by atoms with Gasteiger partial charge in [-0.2, -0.15) is 0 Å². The van der Waals surface area contributed by atoms with Crippen molar-refractivity contribution in [2.75, 3.05) is 18.1 Å². The highest BCUT2D eigenvalue weighted by molar-refractivity contribution is 8.01. The van der Waals surface area contributed by atoms with E-state index in [2.05, 4.69) is 31.1 Å². The van der Waals surface area contributed by atoms with E-state index in [-0.39, 0.29) is 22.2 Å². The van der Waals surface area contributed by atoms with Gasteiger partial charge in [-0.15, -0.1) is 16.9 Å². The van der Waals surface area contributed by atoms with Gasteiger partial charge < -0.3 is 25.5 Å². The maximum Gasteiger partial charge on any atom is 0.352 e. The fraction of sp³-hybridized carbons (Fsp3) is 0.308. The zero-order valence-electron chi connectivity index (χ0n) is 23.1. The van der Waals surface area contributed by atoms with Crippen molar-refractivity contribution in [3.63, 3.8) is 0 Å². The van der Waals surface area contributed by atoms with Crippen molar-refractivity contribution in [1.29, 1.82) is 0 Å². The van der Waals surface area contributed by atoms with Crippen molar-refractivity contribution in [1.82, 2.24) is 40.7 Å². The summed E-state index contributed by atoms with van der Waals surface area (Å²) in [5.74, 6) is -2.86. The number of fused-ring (bicyclic) bond motifs is 1. The Hall–Kier alpha value is -4.35. The number of carboxylic acids is 1. The number of aromatic amines is 1. The molecule has 0 saturated carbocycles. The highest BCUT2D eigenvalue weighted by Gasteiger charge is 2.54. The number of tetrazole rings is 1. The van der Waals surface area contributed by atoms with E-state index in [1.165, 1.54) is 39.3 Å². The molecule has 1 fully saturated rings. The Balaban J connectivity index is 1.27. The number of rotatable bonds is 11. The van der Waals surface area contributed by atoms with Crippen LogP contribution >= 0.6 is 35.1 Å². The number of ether oxygens (including phenoxy) is 1. The average Bonchev–Trinajstić information content (AvgIpc) is 3.43. The first-order chi connectivity index (χ1) is 21.1. The molecule has 0 aliphatic carbocycles. The number of amides is 3. The molecule has 230 valence electrons. The number of carbonyl (C=O) groups excluding carboxylic acids is 3. The number of carboxylic acid groups (broad SMARTS) is 1. The molecular weight excluding hydrogens is 636 g/mol. The molecule has 2 aromatic heterocycles. The minimum absolute atomic E-state index is 0.0706. The van der Waals surface area contributed by atoms with Crippen LogP contribution in [0.5, 0.6) is 5.75 Å². The number of halogens is 1. The van der Waals surface area contributed by atoms with Gasteiger partial charge in [-0.05, 0) is 28.5 Å². The van der Waals surface area contributed by atoms with Crippen LogP contribution in [-0.2, 0) is 26.2 Å². The summed E-state index contributed by atoms with van der Waals surface area (Å²) in [6.45, 7) is 1.02.